The molecule has 1 amide bonds. The number of benzene rings is 2. The Morgan fingerprint density at radius 1 is 1.08 bits per heavy atom. The predicted molar refractivity (Wildman–Crippen MR) is 103 cm³/mol. The normalized spacial score (nSPS) is 16.1. The smallest absolute Gasteiger partial charge is 0.237 e. The van der Waals surface area contributed by atoms with E-state index in [1.807, 2.05) is 31.2 Å². The van der Waals surface area contributed by atoms with Crippen LogP contribution in [0.2, 0.25) is 0 Å². The number of hydrogen-bond acceptors (Lipinski definition) is 2. The molecule has 0 aliphatic carbocycles. The van der Waals surface area contributed by atoms with Crippen LogP contribution in [0.15, 0.2) is 66.7 Å². The van der Waals surface area contributed by atoms with Crippen molar-refractivity contribution in [1.29, 1.82) is 0 Å². The van der Waals surface area contributed by atoms with Crippen LogP contribution in [0, 0.1) is 0 Å². The Morgan fingerprint density at radius 2 is 1.76 bits per heavy atom. The van der Waals surface area contributed by atoms with Crippen molar-refractivity contribution < 1.29 is 4.79 Å². The predicted octanol–water partition coefficient (Wildman–Crippen LogP) is 3.52. The summed E-state index contributed by atoms with van der Waals surface area (Å²) in [6.45, 7) is 4.44. The molecule has 0 saturated carbocycles. The standard InChI is InChI=1S/C22H26N2O/c1-18(22(25)23-15-12-19-8-4-2-5-9-19)24-16-13-21(14-17-24)20-10-6-3-7-11-20/h2-11,13,18H,12,14-17H2,1H3,(H,23,25)/t18-/m0/s1. The summed E-state index contributed by atoms with van der Waals surface area (Å²) < 4.78 is 0. The fourth-order valence-electron chi connectivity index (χ4n) is 3.24. The van der Waals surface area contributed by atoms with Gasteiger partial charge in [0.15, 0.2) is 0 Å². The fraction of sp³-hybridized carbons (Fsp3) is 0.318. The second kappa shape index (κ2) is 8.63. The summed E-state index contributed by atoms with van der Waals surface area (Å²) in [5.41, 5.74) is 3.93. The van der Waals surface area contributed by atoms with Gasteiger partial charge in [-0.15, -0.1) is 0 Å². The van der Waals surface area contributed by atoms with Gasteiger partial charge >= 0.3 is 0 Å². The van der Waals surface area contributed by atoms with Crippen molar-refractivity contribution in [2.75, 3.05) is 19.6 Å². The maximum atomic E-state index is 12.4. The molecule has 1 aliphatic heterocycles. The molecule has 1 heterocycles. The molecule has 1 N–H and O–H groups in total. The molecule has 3 nitrogen and oxygen atoms in total. The molecule has 0 unspecified atom stereocenters. The minimum atomic E-state index is -0.0932. The lowest BCUT2D eigenvalue weighted by atomic mass is 9.99. The van der Waals surface area contributed by atoms with E-state index in [1.165, 1.54) is 16.7 Å². The highest BCUT2D eigenvalue weighted by molar-refractivity contribution is 5.81. The van der Waals surface area contributed by atoms with Gasteiger partial charge in [0.1, 0.15) is 0 Å². The van der Waals surface area contributed by atoms with Gasteiger partial charge in [-0.25, -0.2) is 0 Å². The van der Waals surface area contributed by atoms with Crippen molar-refractivity contribution in [2.45, 2.75) is 25.8 Å². The molecular formula is C22H26N2O. The van der Waals surface area contributed by atoms with Crippen LogP contribution < -0.4 is 5.32 Å². The Kier molecular flexibility index (Phi) is 6.02. The van der Waals surface area contributed by atoms with Crippen molar-refractivity contribution in [3.05, 3.63) is 77.9 Å². The third kappa shape index (κ3) is 4.80. The van der Waals surface area contributed by atoms with Crippen LogP contribution in [-0.4, -0.2) is 36.5 Å². The van der Waals surface area contributed by atoms with Crippen LogP contribution in [0.1, 0.15) is 24.5 Å². The van der Waals surface area contributed by atoms with Crippen LogP contribution >= 0.6 is 0 Å². The second-order valence-corrected chi connectivity index (χ2v) is 6.54. The van der Waals surface area contributed by atoms with Gasteiger partial charge in [-0.05, 0) is 36.5 Å². The molecule has 1 aliphatic rings. The van der Waals surface area contributed by atoms with Crippen molar-refractivity contribution in [1.82, 2.24) is 10.2 Å². The first-order valence-corrected chi connectivity index (χ1v) is 9.04. The summed E-state index contributed by atoms with van der Waals surface area (Å²) in [6, 6.07) is 20.7. The van der Waals surface area contributed by atoms with Gasteiger partial charge in [0.05, 0.1) is 6.04 Å². The Bertz CT molecular complexity index is 709. The zero-order valence-corrected chi connectivity index (χ0v) is 14.8. The molecule has 1 atom stereocenters. The zero-order valence-electron chi connectivity index (χ0n) is 14.8. The number of carbonyl (C=O) groups is 1. The number of nitrogens with zero attached hydrogens (tertiary/aromatic N) is 1. The van der Waals surface area contributed by atoms with Crippen LogP contribution in [0.4, 0.5) is 0 Å². The number of carbonyl (C=O) groups excluding carboxylic acids is 1. The molecule has 0 aromatic heterocycles. The van der Waals surface area contributed by atoms with E-state index in [0.29, 0.717) is 6.54 Å². The quantitative estimate of drug-likeness (QED) is 0.876. The lowest BCUT2D eigenvalue weighted by Gasteiger charge is -2.31. The number of rotatable bonds is 6. The first-order valence-electron chi connectivity index (χ1n) is 9.04. The van der Waals surface area contributed by atoms with Gasteiger partial charge in [0.2, 0.25) is 5.91 Å². The van der Waals surface area contributed by atoms with E-state index in [4.69, 9.17) is 0 Å². The fourth-order valence-corrected chi connectivity index (χ4v) is 3.24. The van der Waals surface area contributed by atoms with E-state index < -0.39 is 0 Å². The second-order valence-electron chi connectivity index (χ2n) is 6.54. The molecule has 25 heavy (non-hydrogen) atoms. The van der Waals surface area contributed by atoms with Crippen LogP contribution in [0.25, 0.3) is 5.57 Å². The lowest BCUT2D eigenvalue weighted by molar-refractivity contribution is -0.125. The first kappa shape index (κ1) is 17.4. The van der Waals surface area contributed by atoms with E-state index in [2.05, 4.69) is 52.7 Å². The van der Waals surface area contributed by atoms with E-state index >= 15 is 0 Å². The molecule has 0 saturated heterocycles. The summed E-state index contributed by atoms with van der Waals surface area (Å²) in [5, 5.41) is 3.07. The summed E-state index contributed by atoms with van der Waals surface area (Å²) in [4.78, 5) is 14.7. The van der Waals surface area contributed by atoms with E-state index in [-0.39, 0.29) is 11.9 Å². The summed E-state index contributed by atoms with van der Waals surface area (Å²) in [6.07, 6.45) is 4.12. The molecule has 0 bridgehead atoms. The molecule has 2 aromatic carbocycles. The first-order chi connectivity index (χ1) is 12.2. The minimum Gasteiger partial charge on any atom is -0.354 e. The largest absolute Gasteiger partial charge is 0.354 e. The third-order valence-electron chi connectivity index (χ3n) is 4.87. The van der Waals surface area contributed by atoms with E-state index in [1.54, 1.807) is 0 Å². The highest BCUT2D eigenvalue weighted by atomic mass is 16.2. The number of nitrogens with one attached hydrogen (secondary N) is 1. The average molecular weight is 334 g/mol. The van der Waals surface area contributed by atoms with Gasteiger partial charge in [-0.1, -0.05) is 66.7 Å². The number of amides is 1. The summed E-state index contributed by atoms with van der Waals surface area (Å²) in [5.74, 6) is 0.118. The molecule has 0 spiro atoms. The summed E-state index contributed by atoms with van der Waals surface area (Å²) >= 11 is 0. The average Bonchev–Trinajstić information content (AvgIpc) is 2.69. The monoisotopic (exact) mass is 334 g/mol. The van der Waals surface area contributed by atoms with Crippen molar-refractivity contribution in [2.24, 2.45) is 0 Å². The SMILES string of the molecule is C[C@@H](C(=O)NCCc1ccccc1)N1CC=C(c2ccccc2)CC1. The molecule has 3 heteroatoms. The molecule has 130 valence electrons. The lowest BCUT2D eigenvalue weighted by Crippen LogP contribution is -2.47. The van der Waals surface area contributed by atoms with Gasteiger partial charge in [0, 0.05) is 19.6 Å². The maximum Gasteiger partial charge on any atom is 0.237 e. The van der Waals surface area contributed by atoms with Gasteiger partial charge in [-0.3, -0.25) is 9.69 Å². The minimum absolute atomic E-state index is 0.0932. The van der Waals surface area contributed by atoms with Crippen molar-refractivity contribution in [3.8, 4) is 0 Å². The molecule has 0 fully saturated rings. The molecule has 2 aromatic rings. The van der Waals surface area contributed by atoms with Crippen LogP contribution in [0.3, 0.4) is 0 Å². The summed E-state index contributed by atoms with van der Waals surface area (Å²) in [7, 11) is 0. The zero-order chi connectivity index (χ0) is 17.5. The van der Waals surface area contributed by atoms with Crippen LogP contribution in [-0.2, 0) is 11.2 Å². The van der Waals surface area contributed by atoms with Crippen molar-refractivity contribution in [3.63, 3.8) is 0 Å². The van der Waals surface area contributed by atoms with E-state index in [0.717, 1.165) is 25.9 Å². The highest BCUT2D eigenvalue weighted by Crippen LogP contribution is 2.22. The Hall–Kier alpha value is -2.39. The molecule has 0 radical (unpaired) electrons. The van der Waals surface area contributed by atoms with E-state index in [9.17, 15) is 4.79 Å². The van der Waals surface area contributed by atoms with Crippen molar-refractivity contribution >= 4 is 11.5 Å². The number of hydrogen-bond donors (Lipinski definition) is 1. The molecular weight excluding hydrogens is 308 g/mol. The van der Waals surface area contributed by atoms with Gasteiger partial charge < -0.3 is 5.32 Å². The Balaban J connectivity index is 1.47. The van der Waals surface area contributed by atoms with Gasteiger partial charge in [-0.2, -0.15) is 0 Å². The van der Waals surface area contributed by atoms with Crippen LogP contribution in [0.5, 0.6) is 0 Å². The maximum absolute atomic E-state index is 12.4. The topological polar surface area (TPSA) is 32.3 Å². The Labute approximate surface area is 150 Å². The Morgan fingerprint density at radius 3 is 2.40 bits per heavy atom. The highest BCUT2D eigenvalue weighted by Gasteiger charge is 2.23. The van der Waals surface area contributed by atoms with Gasteiger partial charge in [0.25, 0.3) is 0 Å². The third-order valence-corrected chi connectivity index (χ3v) is 4.87. The molecule has 3 rings (SSSR count).